The number of pyridine rings is 1. The van der Waals surface area contributed by atoms with Crippen LogP contribution >= 0.6 is 0 Å². The third kappa shape index (κ3) is 4.82. The Balaban J connectivity index is 1.53. The lowest BCUT2D eigenvalue weighted by molar-refractivity contribution is 0.0943. The number of carbonyl (C=O) groups excluding carboxylic acids is 1. The number of halogens is 2. The number of hydrogen-bond donors (Lipinski definition) is 1. The van der Waals surface area contributed by atoms with Crippen molar-refractivity contribution in [2.45, 2.75) is 46.1 Å². The number of nitriles is 1. The van der Waals surface area contributed by atoms with Gasteiger partial charge in [0.1, 0.15) is 18.2 Å². The van der Waals surface area contributed by atoms with Crippen molar-refractivity contribution in [2.75, 3.05) is 6.54 Å². The first-order chi connectivity index (χ1) is 15.9. The molecule has 1 saturated carbocycles. The van der Waals surface area contributed by atoms with E-state index >= 15 is 0 Å². The smallest absolute Gasteiger partial charge is 0.255 e. The highest BCUT2D eigenvalue weighted by atomic mass is 19.1. The standard InChI is InChI=1S/C25H26F2N4O2/c1-15-10-22-24(25(32)29-13-18-8-6-17(12-28)7-9-18)16(2)30-31(22)23(11-15)33-14-19-20(26)4-3-5-21(19)27/h3-5,10-11,17-18H,6-9,13-14H2,1-2H3,(H,29,32). The zero-order valence-corrected chi connectivity index (χ0v) is 18.7. The lowest BCUT2D eigenvalue weighted by Crippen LogP contribution is -2.31. The van der Waals surface area contributed by atoms with Gasteiger partial charge in [0.2, 0.25) is 5.88 Å². The summed E-state index contributed by atoms with van der Waals surface area (Å²) in [5.74, 6) is -0.805. The predicted octanol–water partition coefficient (Wildman–Crippen LogP) is 4.87. The number of ether oxygens (including phenoxy) is 1. The van der Waals surface area contributed by atoms with Crippen LogP contribution in [0.25, 0.3) is 5.52 Å². The molecule has 0 atom stereocenters. The van der Waals surface area contributed by atoms with E-state index in [0.29, 0.717) is 35.1 Å². The van der Waals surface area contributed by atoms with Crippen molar-refractivity contribution in [3.8, 4) is 11.9 Å². The summed E-state index contributed by atoms with van der Waals surface area (Å²) in [5, 5.41) is 16.5. The molecule has 0 radical (unpaired) electrons. The first kappa shape index (κ1) is 22.7. The van der Waals surface area contributed by atoms with Crippen LogP contribution in [0.1, 0.15) is 52.9 Å². The van der Waals surface area contributed by atoms with Crippen LogP contribution in [0.15, 0.2) is 30.3 Å². The summed E-state index contributed by atoms with van der Waals surface area (Å²) >= 11 is 0. The number of benzene rings is 1. The average Bonchev–Trinajstić information content (AvgIpc) is 3.13. The van der Waals surface area contributed by atoms with Gasteiger partial charge < -0.3 is 10.1 Å². The Morgan fingerprint density at radius 2 is 1.91 bits per heavy atom. The number of nitrogens with one attached hydrogen (secondary N) is 1. The molecule has 172 valence electrons. The SMILES string of the molecule is Cc1cc(OCc2c(F)cccc2F)n2nc(C)c(C(=O)NCC3CCC(C#N)CC3)c2c1. The molecule has 1 amide bonds. The van der Waals surface area contributed by atoms with Gasteiger partial charge in [-0.15, -0.1) is 0 Å². The highest BCUT2D eigenvalue weighted by Crippen LogP contribution is 2.28. The fraction of sp³-hybridized carbons (Fsp3) is 0.400. The molecule has 0 aliphatic heterocycles. The van der Waals surface area contributed by atoms with Crippen LogP contribution < -0.4 is 10.1 Å². The molecule has 1 N–H and O–H groups in total. The van der Waals surface area contributed by atoms with Crippen LogP contribution in [0.4, 0.5) is 8.78 Å². The molecule has 1 aliphatic rings. The second-order valence-electron chi connectivity index (χ2n) is 8.67. The molecule has 33 heavy (non-hydrogen) atoms. The summed E-state index contributed by atoms with van der Waals surface area (Å²) in [6, 6.07) is 9.54. The number of aryl methyl sites for hydroxylation is 2. The first-order valence-electron chi connectivity index (χ1n) is 11.1. The molecule has 0 unspecified atom stereocenters. The number of nitrogens with zero attached hydrogens (tertiary/aromatic N) is 3. The normalized spacial score (nSPS) is 18.2. The van der Waals surface area contributed by atoms with E-state index in [9.17, 15) is 13.6 Å². The van der Waals surface area contributed by atoms with Crippen LogP contribution in [0.5, 0.6) is 5.88 Å². The van der Waals surface area contributed by atoms with E-state index in [-0.39, 0.29) is 24.0 Å². The Morgan fingerprint density at radius 3 is 2.58 bits per heavy atom. The molecule has 1 aromatic carbocycles. The highest BCUT2D eigenvalue weighted by molar-refractivity contribution is 6.02. The lowest BCUT2D eigenvalue weighted by atomic mass is 9.83. The van der Waals surface area contributed by atoms with E-state index in [0.717, 1.165) is 31.2 Å². The summed E-state index contributed by atoms with van der Waals surface area (Å²) in [4.78, 5) is 13.0. The van der Waals surface area contributed by atoms with Crippen LogP contribution in [-0.2, 0) is 6.61 Å². The van der Waals surface area contributed by atoms with Gasteiger partial charge in [0.15, 0.2) is 0 Å². The molecule has 1 fully saturated rings. The highest BCUT2D eigenvalue weighted by Gasteiger charge is 2.24. The minimum atomic E-state index is -0.681. The minimum Gasteiger partial charge on any atom is -0.473 e. The van der Waals surface area contributed by atoms with Gasteiger partial charge in [-0.25, -0.2) is 8.78 Å². The number of aromatic nitrogens is 2. The van der Waals surface area contributed by atoms with Crippen molar-refractivity contribution in [2.24, 2.45) is 11.8 Å². The number of carbonyl (C=O) groups is 1. The lowest BCUT2D eigenvalue weighted by Gasteiger charge is -2.24. The summed E-state index contributed by atoms with van der Waals surface area (Å²) in [5.41, 5.74) is 2.22. The van der Waals surface area contributed by atoms with E-state index in [1.54, 1.807) is 13.0 Å². The molecule has 3 aromatic rings. The van der Waals surface area contributed by atoms with Gasteiger partial charge in [0.25, 0.3) is 5.91 Å². The molecule has 0 spiro atoms. The third-order valence-corrected chi connectivity index (χ3v) is 6.25. The molecule has 2 heterocycles. The number of hydrogen-bond acceptors (Lipinski definition) is 4. The molecule has 8 heteroatoms. The average molecular weight is 453 g/mol. The van der Waals surface area contributed by atoms with Gasteiger partial charge in [-0.2, -0.15) is 14.9 Å². The van der Waals surface area contributed by atoms with Crippen LogP contribution in [0.3, 0.4) is 0 Å². The van der Waals surface area contributed by atoms with Crippen LogP contribution in [0, 0.1) is 48.6 Å². The Hall–Kier alpha value is -3.47. The molecule has 0 saturated heterocycles. The van der Waals surface area contributed by atoms with Crippen molar-refractivity contribution >= 4 is 11.4 Å². The van der Waals surface area contributed by atoms with Crippen molar-refractivity contribution in [1.29, 1.82) is 5.26 Å². The minimum absolute atomic E-state index is 0.123. The monoisotopic (exact) mass is 452 g/mol. The van der Waals surface area contributed by atoms with Gasteiger partial charge in [-0.1, -0.05) is 6.07 Å². The summed E-state index contributed by atoms with van der Waals surface area (Å²) < 4.78 is 35.2. The van der Waals surface area contributed by atoms with Gasteiger partial charge >= 0.3 is 0 Å². The van der Waals surface area contributed by atoms with Gasteiger partial charge in [0, 0.05) is 18.5 Å². The molecule has 2 aromatic heterocycles. The van der Waals surface area contributed by atoms with Gasteiger partial charge in [-0.05, 0) is 69.2 Å². The molecule has 0 bridgehead atoms. The second-order valence-corrected chi connectivity index (χ2v) is 8.67. The number of fused-ring (bicyclic) bond motifs is 1. The maximum atomic E-state index is 14.0. The van der Waals surface area contributed by atoms with Crippen molar-refractivity contribution in [3.05, 3.63) is 64.4 Å². The quantitative estimate of drug-likeness (QED) is 0.579. The number of amides is 1. The molecule has 6 nitrogen and oxygen atoms in total. The van der Waals surface area contributed by atoms with Crippen LogP contribution in [0.2, 0.25) is 0 Å². The maximum absolute atomic E-state index is 14.0. The van der Waals surface area contributed by atoms with Gasteiger partial charge in [0.05, 0.1) is 28.4 Å². The van der Waals surface area contributed by atoms with Crippen LogP contribution in [-0.4, -0.2) is 22.1 Å². The first-order valence-corrected chi connectivity index (χ1v) is 11.1. The largest absolute Gasteiger partial charge is 0.473 e. The zero-order chi connectivity index (χ0) is 23.5. The maximum Gasteiger partial charge on any atom is 0.255 e. The summed E-state index contributed by atoms with van der Waals surface area (Å²) in [6.07, 6.45) is 3.59. The molecule has 4 rings (SSSR count). The van der Waals surface area contributed by atoms with E-state index in [4.69, 9.17) is 10.00 Å². The zero-order valence-electron chi connectivity index (χ0n) is 18.7. The van der Waals surface area contributed by atoms with Gasteiger partial charge in [-0.3, -0.25) is 4.79 Å². The van der Waals surface area contributed by atoms with Crippen molar-refractivity contribution < 1.29 is 18.3 Å². The fourth-order valence-corrected chi connectivity index (χ4v) is 4.38. The summed E-state index contributed by atoms with van der Waals surface area (Å²) in [6.45, 7) is 3.85. The Kier molecular flexibility index (Phi) is 6.59. The fourth-order valence-electron chi connectivity index (χ4n) is 4.38. The predicted molar refractivity (Wildman–Crippen MR) is 119 cm³/mol. The van der Waals surface area contributed by atoms with E-state index < -0.39 is 11.6 Å². The van der Waals surface area contributed by atoms with Crippen molar-refractivity contribution in [3.63, 3.8) is 0 Å². The van der Waals surface area contributed by atoms with E-state index in [2.05, 4.69) is 16.5 Å². The Labute approximate surface area is 191 Å². The Bertz CT molecular complexity index is 1200. The summed E-state index contributed by atoms with van der Waals surface area (Å²) in [7, 11) is 0. The Morgan fingerprint density at radius 1 is 1.21 bits per heavy atom. The van der Waals surface area contributed by atoms with Crippen molar-refractivity contribution in [1.82, 2.24) is 14.9 Å². The van der Waals surface area contributed by atoms with E-state index in [1.165, 1.54) is 22.7 Å². The van der Waals surface area contributed by atoms with E-state index in [1.807, 2.05) is 13.0 Å². The topological polar surface area (TPSA) is 79.4 Å². The molecule has 1 aliphatic carbocycles. The number of rotatable bonds is 6. The molecular weight excluding hydrogens is 426 g/mol. The third-order valence-electron chi connectivity index (χ3n) is 6.25. The second kappa shape index (κ2) is 9.57. The molecular formula is C25H26F2N4O2.